The molecule has 1 aliphatic rings. The van der Waals surface area contributed by atoms with Crippen molar-refractivity contribution < 1.29 is 4.74 Å². The van der Waals surface area contributed by atoms with Crippen molar-refractivity contribution in [2.75, 3.05) is 26.7 Å². The highest BCUT2D eigenvalue weighted by molar-refractivity contribution is 4.97. The minimum absolute atomic E-state index is 0.0303. The van der Waals surface area contributed by atoms with E-state index in [-0.39, 0.29) is 11.1 Å². The van der Waals surface area contributed by atoms with Crippen LogP contribution < -0.4 is 5.32 Å². The monoisotopic (exact) mass is 270 g/mol. The van der Waals surface area contributed by atoms with Gasteiger partial charge in [-0.25, -0.2) is 0 Å². The minimum Gasteiger partial charge on any atom is -0.379 e. The van der Waals surface area contributed by atoms with Gasteiger partial charge in [0.15, 0.2) is 0 Å². The topological polar surface area (TPSA) is 24.5 Å². The third kappa shape index (κ3) is 5.05. The second kappa shape index (κ2) is 5.71. The average molecular weight is 270 g/mol. The zero-order chi connectivity index (χ0) is 14.9. The molecule has 1 heterocycles. The summed E-state index contributed by atoms with van der Waals surface area (Å²) < 4.78 is 5.56. The van der Waals surface area contributed by atoms with Crippen molar-refractivity contribution >= 4 is 0 Å². The second-order valence-electron chi connectivity index (χ2n) is 8.33. The van der Waals surface area contributed by atoms with Crippen LogP contribution in [0.5, 0.6) is 0 Å². The Kier molecular flexibility index (Phi) is 5.09. The average Bonchev–Trinajstić information content (AvgIpc) is 2.23. The summed E-state index contributed by atoms with van der Waals surface area (Å²) in [5.74, 6) is 0. The van der Waals surface area contributed by atoms with Crippen LogP contribution in [-0.4, -0.2) is 48.8 Å². The van der Waals surface area contributed by atoms with Crippen LogP contribution in [0.2, 0.25) is 0 Å². The molecule has 0 spiro atoms. The molecule has 0 saturated carbocycles. The zero-order valence-electron chi connectivity index (χ0n) is 14.3. The maximum atomic E-state index is 5.56. The van der Waals surface area contributed by atoms with Crippen LogP contribution in [0.4, 0.5) is 0 Å². The number of piperazine rings is 1. The molecular weight excluding hydrogens is 236 g/mol. The Bertz CT molecular complexity index is 292. The van der Waals surface area contributed by atoms with E-state index in [4.69, 9.17) is 4.74 Å². The normalized spacial score (nSPS) is 25.6. The Morgan fingerprint density at radius 2 is 1.79 bits per heavy atom. The van der Waals surface area contributed by atoms with E-state index in [0.29, 0.717) is 11.5 Å². The molecule has 0 aromatic heterocycles. The first kappa shape index (κ1) is 16.9. The molecule has 1 fully saturated rings. The quantitative estimate of drug-likeness (QED) is 0.850. The van der Waals surface area contributed by atoms with E-state index < -0.39 is 0 Å². The van der Waals surface area contributed by atoms with Gasteiger partial charge >= 0.3 is 0 Å². The van der Waals surface area contributed by atoms with Gasteiger partial charge in [-0.15, -0.1) is 0 Å². The molecular formula is C16H34N2O. The molecule has 1 atom stereocenters. The van der Waals surface area contributed by atoms with Gasteiger partial charge < -0.3 is 10.1 Å². The van der Waals surface area contributed by atoms with Crippen LogP contribution in [0.3, 0.4) is 0 Å². The molecule has 0 aliphatic carbocycles. The fourth-order valence-electron chi connectivity index (χ4n) is 2.78. The van der Waals surface area contributed by atoms with Gasteiger partial charge in [-0.05, 0) is 39.5 Å². The number of nitrogens with one attached hydrogen (secondary N) is 1. The van der Waals surface area contributed by atoms with E-state index in [1.54, 1.807) is 0 Å². The second-order valence-corrected chi connectivity index (χ2v) is 8.33. The zero-order valence-corrected chi connectivity index (χ0v) is 14.3. The standard InChI is InChI=1S/C16H34N2O/c1-14(2,3)13-11-17-15(4,5)12-18(13)10-9-16(6,7)19-8/h13,17H,9-12H2,1-8H3. The molecule has 0 aromatic carbocycles. The van der Waals surface area contributed by atoms with Crippen molar-refractivity contribution in [3.8, 4) is 0 Å². The molecule has 19 heavy (non-hydrogen) atoms. The summed E-state index contributed by atoms with van der Waals surface area (Å²) in [5, 5.41) is 3.68. The van der Waals surface area contributed by atoms with Crippen LogP contribution >= 0.6 is 0 Å². The molecule has 114 valence electrons. The third-order valence-electron chi connectivity index (χ3n) is 4.37. The summed E-state index contributed by atoms with van der Waals surface area (Å²) in [6, 6.07) is 0.591. The van der Waals surface area contributed by atoms with Gasteiger partial charge in [0, 0.05) is 38.3 Å². The first-order valence-corrected chi connectivity index (χ1v) is 7.51. The molecule has 0 bridgehead atoms. The summed E-state index contributed by atoms with van der Waals surface area (Å²) in [6.45, 7) is 19.2. The summed E-state index contributed by atoms with van der Waals surface area (Å²) in [5.41, 5.74) is 0.483. The van der Waals surface area contributed by atoms with Gasteiger partial charge in [0.05, 0.1) is 5.60 Å². The Labute approximate surface area is 120 Å². The van der Waals surface area contributed by atoms with Gasteiger partial charge in [0.2, 0.25) is 0 Å². The Hall–Kier alpha value is -0.120. The molecule has 0 amide bonds. The predicted molar refractivity (Wildman–Crippen MR) is 82.6 cm³/mol. The third-order valence-corrected chi connectivity index (χ3v) is 4.37. The van der Waals surface area contributed by atoms with Gasteiger partial charge in [0.25, 0.3) is 0 Å². The van der Waals surface area contributed by atoms with E-state index >= 15 is 0 Å². The Balaban J connectivity index is 2.72. The summed E-state index contributed by atoms with van der Waals surface area (Å²) in [7, 11) is 1.81. The number of methoxy groups -OCH3 is 1. The van der Waals surface area contributed by atoms with Crippen LogP contribution in [-0.2, 0) is 4.74 Å². The minimum atomic E-state index is -0.0303. The SMILES string of the molecule is COC(C)(C)CCN1CC(C)(C)NCC1C(C)(C)C. The molecule has 1 unspecified atom stereocenters. The van der Waals surface area contributed by atoms with Crippen molar-refractivity contribution in [1.82, 2.24) is 10.2 Å². The first-order valence-electron chi connectivity index (χ1n) is 7.51. The van der Waals surface area contributed by atoms with Gasteiger partial charge in [-0.3, -0.25) is 4.90 Å². The summed E-state index contributed by atoms with van der Waals surface area (Å²) in [4.78, 5) is 2.65. The lowest BCUT2D eigenvalue weighted by Gasteiger charge is -2.50. The number of rotatable bonds is 4. The van der Waals surface area contributed by atoms with Gasteiger partial charge in [-0.1, -0.05) is 20.8 Å². The molecule has 1 rings (SSSR count). The van der Waals surface area contributed by atoms with Crippen LogP contribution in [0.25, 0.3) is 0 Å². The molecule has 0 aromatic rings. The molecule has 1 N–H and O–H groups in total. The highest BCUT2D eigenvalue weighted by Gasteiger charge is 2.38. The lowest BCUT2D eigenvalue weighted by Crippen LogP contribution is -2.65. The number of hydrogen-bond acceptors (Lipinski definition) is 3. The predicted octanol–water partition coefficient (Wildman–Crippen LogP) is 2.90. The first-order chi connectivity index (χ1) is 8.47. The maximum absolute atomic E-state index is 5.56. The van der Waals surface area contributed by atoms with Crippen LogP contribution in [0, 0.1) is 5.41 Å². The lowest BCUT2D eigenvalue weighted by atomic mass is 9.82. The smallest absolute Gasteiger partial charge is 0.0634 e. The summed E-state index contributed by atoms with van der Waals surface area (Å²) in [6.07, 6.45) is 1.08. The van der Waals surface area contributed by atoms with Crippen molar-refractivity contribution in [3.63, 3.8) is 0 Å². The molecule has 1 aliphatic heterocycles. The van der Waals surface area contributed by atoms with Crippen molar-refractivity contribution in [2.45, 2.75) is 72.1 Å². The fraction of sp³-hybridized carbons (Fsp3) is 1.00. The van der Waals surface area contributed by atoms with Gasteiger partial charge in [0.1, 0.15) is 0 Å². The van der Waals surface area contributed by atoms with Crippen LogP contribution in [0.15, 0.2) is 0 Å². The molecule has 3 heteroatoms. The highest BCUT2D eigenvalue weighted by Crippen LogP contribution is 2.29. The molecule has 1 saturated heterocycles. The fourth-order valence-corrected chi connectivity index (χ4v) is 2.78. The van der Waals surface area contributed by atoms with E-state index in [2.05, 4.69) is 58.7 Å². The van der Waals surface area contributed by atoms with E-state index in [1.165, 1.54) is 0 Å². The van der Waals surface area contributed by atoms with E-state index in [1.807, 2.05) is 7.11 Å². The number of ether oxygens (including phenoxy) is 1. The van der Waals surface area contributed by atoms with Crippen molar-refractivity contribution in [2.24, 2.45) is 5.41 Å². The molecule has 3 nitrogen and oxygen atoms in total. The van der Waals surface area contributed by atoms with Gasteiger partial charge in [-0.2, -0.15) is 0 Å². The number of hydrogen-bond donors (Lipinski definition) is 1. The number of nitrogens with zero attached hydrogens (tertiary/aromatic N) is 1. The Morgan fingerprint density at radius 1 is 1.21 bits per heavy atom. The largest absolute Gasteiger partial charge is 0.379 e. The van der Waals surface area contributed by atoms with Crippen LogP contribution in [0.1, 0.15) is 54.9 Å². The summed E-state index contributed by atoms with van der Waals surface area (Å²) >= 11 is 0. The maximum Gasteiger partial charge on any atom is 0.0634 e. The van der Waals surface area contributed by atoms with Crippen molar-refractivity contribution in [1.29, 1.82) is 0 Å². The van der Waals surface area contributed by atoms with Crippen molar-refractivity contribution in [3.05, 3.63) is 0 Å². The lowest BCUT2D eigenvalue weighted by molar-refractivity contribution is -0.0179. The van der Waals surface area contributed by atoms with E-state index in [0.717, 1.165) is 26.1 Å². The molecule has 0 radical (unpaired) electrons. The Morgan fingerprint density at radius 3 is 2.26 bits per heavy atom. The highest BCUT2D eigenvalue weighted by atomic mass is 16.5. The van der Waals surface area contributed by atoms with E-state index in [9.17, 15) is 0 Å².